The molecule has 5 nitrogen and oxygen atoms in total. The van der Waals surface area contributed by atoms with Gasteiger partial charge in [-0.2, -0.15) is 0 Å². The van der Waals surface area contributed by atoms with E-state index in [-0.39, 0.29) is 5.41 Å². The zero-order valence-corrected chi connectivity index (χ0v) is 24.9. The van der Waals surface area contributed by atoms with E-state index in [9.17, 15) is 0 Å². The molecular weight excluding hydrogens is 552 g/mol. The normalized spacial score (nSPS) is 13.3. The fourth-order valence-corrected chi connectivity index (χ4v) is 6.93. The van der Waals surface area contributed by atoms with Crippen molar-refractivity contribution in [1.82, 2.24) is 19.5 Å². The Balaban J connectivity index is 1.33. The molecule has 9 rings (SSSR count). The summed E-state index contributed by atoms with van der Waals surface area (Å²) in [5, 5.41) is 1.02. The highest BCUT2D eigenvalue weighted by molar-refractivity contribution is 6.13. The van der Waals surface area contributed by atoms with E-state index in [4.69, 9.17) is 19.4 Å². The second kappa shape index (κ2) is 9.60. The fourth-order valence-electron chi connectivity index (χ4n) is 6.93. The van der Waals surface area contributed by atoms with Crippen LogP contribution < -0.4 is 0 Å². The van der Waals surface area contributed by atoms with Gasteiger partial charge >= 0.3 is 0 Å². The summed E-state index contributed by atoms with van der Waals surface area (Å²) >= 11 is 0. The molecule has 0 unspecified atom stereocenters. The van der Waals surface area contributed by atoms with Gasteiger partial charge < -0.3 is 8.98 Å². The van der Waals surface area contributed by atoms with Crippen molar-refractivity contribution in [1.29, 1.82) is 0 Å². The smallest absolute Gasteiger partial charge is 0.164 e. The highest BCUT2D eigenvalue weighted by Crippen LogP contribution is 2.55. The van der Waals surface area contributed by atoms with Gasteiger partial charge in [-0.05, 0) is 41.5 Å². The number of nitrogens with zero attached hydrogens (tertiary/aromatic N) is 4. The minimum Gasteiger partial charge on any atom is -0.454 e. The predicted octanol–water partition coefficient (Wildman–Crippen LogP) is 9.87. The molecule has 0 amide bonds. The fraction of sp³-hybridized carbons (Fsp3) is 0.0750. The number of aromatic nitrogens is 4. The molecule has 0 saturated heterocycles. The molecule has 0 spiro atoms. The SMILES string of the molecule is CC1(C)c2ccccc2-c2c1n(-c1ccccc1)c1c2oc2ccc(-c3nc(-c4ccccc4)nc(-c4ccccc4)n3)cc21. The Morgan fingerprint density at radius 3 is 1.78 bits per heavy atom. The van der Waals surface area contributed by atoms with Gasteiger partial charge in [0.15, 0.2) is 23.1 Å². The Bertz CT molecular complexity index is 2330. The van der Waals surface area contributed by atoms with E-state index in [1.165, 1.54) is 22.4 Å². The monoisotopic (exact) mass is 580 g/mol. The topological polar surface area (TPSA) is 56.7 Å². The molecule has 214 valence electrons. The minimum absolute atomic E-state index is 0.212. The number of benzene rings is 5. The number of hydrogen-bond acceptors (Lipinski definition) is 4. The molecule has 45 heavy (non-hydrogen) atoms. The molecule has 1 aliphatic carbocycles. The summed E-state index contributed by atoms with van der Waals surface area (Å²) < 4.78 is 9.15. The molecule has 0 fully saturated rings. The number of fused-ring (bicyclic) bond motifs is 7. The molecule has 0 radical (unpaired) electrons. The Morgan fingerprint density at radius 1 is 0.578 bits per heavy atom. The summed E-state index contributed by atoms with van der Waals surface area (Å²) in [4.78, 5) is 14.9. The second-order valence-corrected chi connectivity index (χ2v) is 12.1. The van der Waals surface area contributed by atoms with Crippen molar-refractivity contribution in [3.05, 3.63) is 145 Å². The number of hydrogen-bond donors (Lipinski definition) is 0. The van der Waals surface area contributed by atoms with Gasteiger partial charge in [0, 0.05) is 44.4 Å². The lowest BCUT2D eigenvalue weighted by Gasteiger charge is -2.24. The summed E-state index contributed by atoms with van der Waals surface area (Å²) in [6.07, 6.45) is 0. The first-order chi connectivity index (χ1) is 22.1. The third-order valence-electron chi connectivity index (χ3n) is 9.01. The Kier molecular flexibility index (Phi) is 5.47. The zero-order valence-electron chi connectivity index (χ0n) is 24.9. The van der Waals surface area contributed by atoms with Crippen molar-refractivity contribution in [3.8, 4) is 51.0 Å². The van der Waals surface area contributed by atoms with E-state index >= 15 is 0 Å². The summed E-state index contributed by atoms with van der Waals surface area (Å²) in [5.41, 5.74) is 11.5. The van der Waals surface area contributed by atoms with E-state index in [0.29, 0.717) is 17.5 Å². The van der Waals surface area contributed by atoms with Crippen LogP contribution in [0.2, 0.25) is 0 Å². The van der Waals surface area contributed by atoms with E-state index in [1.54, 1.807) is 0 Å². The van der Waals surface area contributed by atoms with Crippen LogP contribution in [-0.4, -0.2) is 19.5 Å². The quantitative estimate of drug-likeness (QED) is 0.208. The van der Waals surface area contributed by atoms with Gasteiger partial charge in [0.2, 0.25) is 0 Å². The number of rotatable bonds is 4. The van der Waals surface area contributed by atoms with Crippen molar-refractivity contribution in [2.45, 2.75) is 19.3 Å². The van der Waals surface area contributed by atoms with Crippen molar-refractivity contribution in [2.24, 2.45) is 0 Å². The molecular formula is C40H28N4O. The van der Waals surface area contributed by atoms with Crippen molar-refractivity contribution in [3.63, 3.8) is 0 Å². The molecule has 5 aromatic carbocycles. The van der Waals surface area contributed by atoms with E-state index in [1.807, 2.05) is 66.7 Å². The third-order valence-corrected chi connectivity index (χ3v) is 9.01. The van der Waals surface area contributed by atoms with E-state index < -0.39 is 0 Å². The van der Waals surface area contributed by atoms with Gasteiger partial charge in [-0.1, -0.05) is 117 Å². The molecule has 3 heterocycles. The van der Waals surface area contributed by atoms with Crippen LogP contribution in [-0.2, 0) is 5.41 Å². The van der Waals surface area contributed by atoms with Crippen LogP contribution in [0, 0.1) is 0 Å². The molecule has 0 N–H and O–H groups in total. The first-order valence-electron chi connectivity index (χ1n) is 15.2. The van der Waals surface area contributed by atoms with Crippen LogP contribution in [0.15, 0.2) is 138 Å². The van der Waals surface area contributed by atoms with Gasteiger partial charge in [0.05, 0.1) is 0 Å². The van der Waals surface area contributed by atoms with Crippen LogP contribution in [0.1, 0.15) is 25.1 Å². The summed E-state index contributed by atoms with van der Waals surface area (Å²) in [6, 6.07) is 45.7. The maximum absolute atomic E-state index is 6.75. The van der Waals surface area contributed by atoms with Gasteiger partial charge in [-0.15, -0.1) is 0 Å². The lowest BCUT2D eigenvalue weighted by Crippen LogP contribution is -2.19. The van der Waals surface area contributed by atoms with E-state index in [0.717, 1.165) is 44.4 Å². The maximum atomic E-state index is 6.75. The molecule has 0 atom stereocenters. The molecule has 0 aliphatic heterocycles. The van der Waals surface area contributed by atoms with Crippen molar-refractivity contribution in [2.75, 3.05) is 0 Å². The predicted molar refractivity (Wildman–Crippen MR) is 180 cm³/mol. The first kappa shape index (κ1) is 25.7. The third kappa shape index (κ3) is 3.84. The molecule has 0 saturated carbocycles. The first-order valence-corrected chi connectivity index (χ1v) is 15.2. The Morgan fingerprint density at radius 2 is 1.13 bits per heavy atom. The average Bonchev–Trinajstić information content (AvgIpc) is 3.71. The molecule has 3 aromatic heterocycles. The molecule has 1 aliphatic rings. The zero-order chi connectivity index (χ0) is 30.1. The Labute approximate surface area is 260 Å². The van der Waals surface area contributed by atoms with Gasteiger partial charge in [-0.25, -0.2) is 15.0 Å². The van der Waals surface area contributed by atoms with Crippen LogP contribution in [0.4, 0.5) is 0 Å². The minimum atomic E-state index is -0.212. The van der Waals surface area contributed by atoms with Gasteiger partial charge in [0.1, 0.15) is 11.1 Å². The molecule has 0 bridgehead atoms. The standard InChI is InChI=1S/C40H28N4O/c1-40(2)31-21-13-12-20-29(31)33-35-34(44(36(33)40)28-18-10-5-11-19-28)30-24-27(22-23-32(30)45-35)39-42-37(25-14-6-3-7-15-25)41-38(43-39)26-16-8-4-9-17-26/h3-24H,1-2H3. The van der Waals surface area contributed by atoms with Crippen LogP contribution in [0.5, 0.6) is 0 Å². The Hall–Kier alpha value is -5.81. The van der Waals surface area contributed by atoms with Crippen molar-refractivity contribution >= 4 is 22.1 Å². The second-order valence-electron chi connectivity index (χ2n) is 12.1. The van der Waals surface area contributed by atoms with Crippen LogP contribution >= 0.6 is 0 Å². The lowest BCUT2D eigenvalue weighted by molar-refractivity contribution is 0.624. The van der Waals surface area contributed by atoms with Crippen LogP contribution in [0.3, 0.4) is 0 Å². The lowest BCUT2D eigenvalue weighted by atomic mass is 9.85. The van der Waals surface area contributed by atoms with E-state index in [2.05, 4.69) is 85.1 Å². The van der Waals surface area contributed by atoms with Crippen molar-refractivity contribution < 1.29 is 4.42 Å². The van der Waals surface area contributed by atoms with Gasteiger partial charge in [0.25, 0.3) is 0 Å². The number of furan rings is 1. The van der Waals surface area contributed by atoms with Crippen LogP contribution in [0.25, 0.3) is 73.0 Å². The molecule has 8 aromatic rings. The highest BCUT2D eigenvalue weighted by Gasteiger charge is 2.42. The summed E-state index contributed by atoms with van der Waals surface area (Å²) in [5.74, 6) is 1.90. The maximum Gasteiger partial charge on any atom is 0.164 e. The summed E-state index contributed by atoms with van der Waals surface area (Å²) in [6.45, 7) is 4.62. The highest BCUT2D eigenvalue weighted by atomic mass is 16.3. The van der Waals surface area contributed by atoms with Gasteiger partial charge in [-0.3, -0.25) is 0 Å². The largest absolute Gasteiger partial charge is 0.454 e. The summed E-state index contributed by atoms with van der Waals surface area (Å²) in [7, 11) is 0. The molecule has 5 heteroatoms. The average molecular weight is 581 g/mol. The number of para-hydroxylation sites is 1.